The van der Waals surface area contributed by atoms with Crippen molar-refractivity contribution in [3.8, 4) is 0 Å². The monoisotopic (exact) mass is 496 g/mol. The van der Waals surface area contributed by atoms with Crippen LogP contribution in [0.5, 0.6) is 0 Å². The van der Waals surface area contributed by atoms with Gasteiger partial charge < -0.3 is 10.2 Å². The fourth-order valence-corrected chi connectivity index (χ4v) is 4.34. The maximum Gasteiger partial charge on any atom is 0.243 e. The van der Waals surface area contributed by atoms with E-state index < -0.39 is 6.04 Å². The van der Waals surface area contributed by atoms with E-state index in [1.807, 2.05) is 69.3 Å². The molecule has 0 fully saturated rings. The van der Waals surface area contributed by atoms with Crippen molar-refractivity contribution in [1.29, 1.82) is 0 Å². The van der Waals surface area contributed by atoms with Crippen LogP contribution in [0, 0.1) is 13.8 Å². The molecule has 0 radical (unpaired) electrons. The smallest absolute Gasteiger partial charge is 0.243 e. The van der Waals surface area contributed by atoms with Gasteiger partial charge >= 0.3 is 0 Å². The van der Waals surface area contributed by atoms with E-state index in [1.165, 1.54) is 5.56 Å². The topological polar surface area (TPSA) is 49.4 Å². The lowest BCUT2D eigenvalue weighted by Crippen LogP contribution is -2.51. The van der Waals surface area contributed by atoms with Crippen LogP contribution in [0.4, 0.5) is 0 Å². The minimum Gasteiger partial charge on any atom is -0.355 e. The van der Waals surface area contributed by atoms with Gasteiger partial charge in [-0.05, 0) is 60.7 Å². The van der Waals surface area contributed by atoms with Gasteiger partial charge in [-0.1, -0.05) is 77.8 Å². The summed E-state index contributed by atoms with van der Waals surface area (Å²) in [6.45, 7) is 6.62. The maximum absolute atomic E-state index is 13.7. The van der Waals surface area contributed by atoms with Crippen molar-refractivity contribution < 1.29 is 9.59 Å². The summed E-state index contributed by atoms with van der Waals surface area (Å²) in [7, 11) is 0. The molecule has 0 aromatic heterocycles. The van der Waals surface area contributed by atoms with Crippen LogP contribution in [0.25, 0.3) is 0 Å². The third kappa shape index (κ3) is 6.85. The third-order valence-corrected chi connectivity index (χ3v) is 6.49. The molecule has 3 rings (SSSR count). The van der Waals surface area contributed by atoms with Crippen molar-refractivity contribution >= 4 is 35.0 Å². The van der Waals surface area contributed by atoms with Crippen molar-refractivity contribution in [3.63, 3.8) is 0 Å². The average Bonchev–Trinajstić information content (AvgIpc) is 2.80. The van der Waals surface area contributed by atoms with Gasteiger partial charge in [-0.2, -0.15) is 0 Å². The van der Waals surface area contributed by atoms with Gasteiger partial charge in [0, 0.05) is 29.6 Å². The van der Waals surface area contributed by atoms with Crippen LogP contribution in [0.3, 0.4) is 0 Å². The second kappa shape index (κ2) is 12.0. The molecule has 3 aromatic carbocycles. The fraction of sp³-hybridized carbons (Fsp3) is 0.286. The molecule has 0 spiro atoms. The molecule has 0 aliphatic carbocycles. The number of hydrogen-bond acceptors (Lipinski definition) is 2. The number of aryl methyl sites for hydroxylation is 2. The van der Waals surface area contributed by atoms with E-state index in [0.717, 1.165) is 22.3 Å². The summed E-state index contributed by atoms with van der Waals surface area (Å²) in [4.78, 5) is 28.6. The van der Waals surface area contributed by atoms with Crippen LogP contribution in [-0.4, -0.2) is 29.3 Å². The number of benzene rings is 3. The number of nitrogens with one attached hydrogen (secondary N) is 1. The molecule has 0 heterocycles. The first-order chi connectivity index (χ1) is 16.3. The van der Waals surface area contributed by atoms with Gasteiger partial charge in [-0.25, -0.2) is 0 Å². The Morgan fingerprint density at radius 3 is 2.29 bits per heavy atom. The van der Waals surface area contributed by atoms with Gasteiger partial charge in [0.05, 0.1) is 6.42 Å². The Balaban J connectivity index is 1.99. The van der Waals surface area contributed by atoms with E-state index >= 15 is 0 Å². The third-order valence-electron chi connectivity index (χ3n) is 5.90. The number of nitrogens with zero attached hydrogens (tertiary/aromatic N) is 1. The van der Waals surface area contributed by atoms with Crippen molar-refractivity contribution in [2.24, 2.45) is 0 Å². The molecule has 2 amide bonds. The lowest BCUT2D eigenvalue weighted by Gasteiger charge is -2.32. The van der Waals surface area contributed by atoms with Crippen molar-refractivity contribution in [2.45, 2.75) is 46.2 Å². The maximum atomic E-state index is 13.7. The molecule has 0 aliphatic heterocycles. The van der Waals surface area contributed by atoms with Gasteiger partial charge in [0.2, 0.25) is 11.8 Å². The number of carbonyl (C=O) groups is 2. The van der Waals surface area contributed by atoms with Crippen molar-refractivity contribution in [1.82, 2.24) is 10.2 Å². The summed E-state index contributed by atoms with van der Waals surface area (Å²) in [6, 6.07) is 20.3. The molecule has 0 saturated carbocycles. The van der Waals surface area contributed by atoms with Gasteiger partial charge in [0.15, 0.2) is 0 Å². The summed E-state index contributed by atoms with van der Waals surface area (Å²) < 4.78 is 0. The second-order valence-corrected chi connectivity index (χ2v) is 9.30. The number of carbonyl (C=O) groups excluding carboxylic acids is 2. The summed E-state index contributed by atoms with van der Waals surface area (Å²) >= 11 is 12.5. The number of likely N-dealkylation sites (N-methyl/N-ethyl adjacent to an activating group) is 1. The highest BCUT2D eigenvalue weighted by atomic mass is 35.5. The first-order valence-corrected chi connectivity index (χ1v) is 12.1. The predicted molar refractivity (Wildman–Crippen MR) is 139 cm³/mol. The Morgan fingerprint density at radius 2 is 1.65 bits per heavy atom. The van der Waals surface area contributed by atoms with Gasteiger partial charge in [0.25, 0.3) is 0 Å². The molecule has 4 nitrogen and oxygen atoms in total. The average molecular weight is 497 g/mol. The summed E-state index contributed by atoms with van der Waals surface area (Å²) in [5.41, 5.74) is 4.92. The molecule has 34 heavy (non-hydrogen) atoms. The fourth-order valence-electron chi connectivity index (χ4n) is 3.87. The molecule has 0 aliphatic rings. The SMILES string of the molecule is CCNC(=O)C(Cc1ccccc1)N(Cc1ccc(Cl)cc1Cl)C(=O)Cc1ccc(C)c(C)c1. The van der Waals surface area contributed by atoms with E-state index in [1.54, 1.807) is 23.1 Å². The summed E-state index contributed by atoms with van der Waals surface area (Å²) in [5.74, 6) is -0.327. The molecule has 178 valence electrons. The van der Waals surface area contributed by atoms with Crippen molar-refractivity contribution in [3.05, 3.63) is 105 Å². The lowest BCUT2D eigenvalue weighted by molar-refractivity contribution is -0.140. The zero-order valence-corrected chi connectivity index (χ0v) is 21.3. The van der Waals surface area contributed by atoms with E-state index in [2.05, 4.69) is 5.32 Å². The Bertz CT molecular complexity index is 1150. The van der Waals surface area contributed by atoms with Gasteiger partial charge in [-0.15, -0.1) is 0 Å². The number of halogens is 2. The zero-order valence-electron chi connectivity index (χ0n) is 19.8. The van der Waals surface area contributed by atoms with Crippen LogP contribution in [-0.2, 0) is 29.0 Å². The molecular weight excluding hydrogens is 467 g/mol. The largest absolute Gasteiger partial charge is 0.355 e. The van der Waals surface area contributed by atoms with Crippen LogP contribution >= 0.6 is 23.2 Å². The molecule has 0 saturated heterocycles. The summed E-state index contributed by atoms with van der Waals surface area (Å²) in [6.07, 6.45) is 0.591. The first kappa shape index (κ1) is 25.8. The lowest BCUT2D eigenvalue weighted by atomic mass is 10.00. The number of rotatable bonds is 9. The van der Waals surface area contributed by atoms with E-state index in [-0.39, 0.29) is 24.8 Å². The Hall–Kier alpha value is -2.82. The number of amides is 2. The first-order valence-electron chi connectivity index (χ1n) is 11.4. The van der Waals surface area contributed by atoms with Crippen LogP contribution in [0.2, 0.25) is 10.0 Å². The number of hydrogen-bond donors (Lipinski definition) is 1. The highest BCUT2D eigenvalue weighted by Crippen LogP contribution is 2.25. The quantitative estimate of drug-likeness (QED) is 0.399. The van der Waals surface area contributed by atoms with E-state index in [4.69, 9.17) is 23.2 Å². The molecule has 1 atom stereocenters. The van der Waals surface area contributed by atoms with Gasteiger partial charge in [-0.3, -0.25) is 9.59 Å². The second-order valence-electron chi connectivity index (χ2n) is 8.45. The van der Waals surface area contributed by atoms with E-state index in [9.17, 15) is 9.59 Å². The van der Waals surface area contributed by atoms with E-state index in [0.29, 0.717) is 23.0 Å². The van der Waals surface area contributed by atoms with Gasteiger partial charge in [0.1, 0.15) is 6.04 Å². The Morgan fingerprint density at radius 1 is 0.912 bits per heavy atom. The molecule has 1 N–H and O–H groups in total. The Labute approximate surface area is 211 Å². The van der Waals surface area contributed by atoms with Crippen LogP contribution in [0.15, 0.2) is 66.7 Å². The minimum absolute atomic E-state index is 0.138. The molecule has 3 aromatic rings. The predicted octanol–water partition coefficient (Wildman–Crippen LogP) is 5.93. The molecule has 6 heteroatoms. The highest BCUT2D eigenvalue weighted by molar-refractivity contribution is 6.35. The Kier molecular flexibility index (Phi) is 9.14. The zero-order chi connectivity index (χ0) is 24.7. The highest BCUT2D eigenvalue weighted by Gasteiger charge is 2.30. The molecule has 0 bridgehead atoms. The minimum atomic E-state index is -0.687. The van der Waals surface area contributed by atoms with Crippen LogP contribution in [0.1, 0.15) is 34.7 Å². The summed E-state index contributed by atoms with van der Waals surface area (Å²) in [5, 5.41) is 3.89. The van der Waals surface area contributed by atoms with Crippen LogP contribution < -0.4 is 5.32 Å². The molecule has 1 unspecified atom stereocenters. The molecular formula is C28H30Cl2N2O2. The van der Waals surface area contributed by atoms with Crippen molar-refractivity contribution in [2.75, 3.05) is 6.54 Å². The standard InChI is InChI=1S/C28H30Cl2N2O2/c1-4-31-28(34)26(15-21-8-6-5-7-9-21)32(18-23-12-13-24(29)17-25(23)30)27(33)16-22-11-10-19(2)20(3)14-22/h5-14,17,26H,4,15-16,18H2,1-3H3,(H,31,34). The normalized spacial score (nSPS) is 11.7.